The van der Waals surface area contributed by atoms with Crippen molar-refractivity contribution >= 4 is 11.6 Å². The molecule has 0 N–H and O–H groups in total. The minimum Gasteiger partial charge on any atom is -0.298 e. The SMILES string of the molecule is C#CC12CCC3C(C)C(=O)C(C#N)CC3(C)C1=CC(=O)C(C#N)C2. The van der Waals surface area contributed by atoms with E-state index in [-0.39, 0.29) is 23.4 Å². The Hall–Kier alpha value is -2.38. The Morgan fingerprint density at radius 1 is 1.21 bits per heavy atom. The summed E-state index contributed by atoms with van der Waals surface area (Å²) in [4.78, 5) is 24.8. The fraction of sp³-hybridized carbons (Fsp3) is 0.600. The number of ketones is 2. The lowest BCUT2D eigenvalue weighted by Crippen LogP contribution is -2.54. The first-order valence-corrected chi connectivity index (χ1v) is 8.40. The maximum absolute atomic E-state index is 12.4. The zero-order valence-electron chi connectivity index (χ0n) is 14.0. The number of nitriles is 2. The molecule has 0 bridgehead atoms. The molecule has 0 aromatic heterocycles. The number of terminal acetylenes is 1. The highest BCUT2D eigenvalue weighted by Crippen LogP contribution is 2.63. The summed E-state index contributed by atoms with van der Waals surface area (Å²) < 4.78 is 0. The summed E-state index contributed by atoms with van der Waals surface area (Å²) in [6.07, 6.45) is 9.69. The fourth-order valence-electron chi connectivity index (χ4n) is 5.34. The van der Waals surface area contributed by atoms with Gasteiger partial charge in [0.2, 0.25) is 0 Å². The molecule has 0 radical (unpaired) electrons. The highest BCUT2D eigenvalue weighted by atomic mass is 16.1. The molecule has 4 heteroatoms. The number of rotatable bonds is 0. The minimum atomic E-state index is -0.695. The molecule has 0 aromatic rings. The van der Waals surface area contributed by atoms with Crippen LogP contribution in [0.4, 0.5) is 0 Å². The molecular weight excluding hydrogens is 300 g/mol. The number of carbonyl (C=O) groups excluding carboxylic acids is 2. The molecule has 0 amide bonds. The maximum Gasteiger partial charge on any atom is 0.172 e. The van der Waals surface area contributed by atoms with Crippen LogP contribution in [0.5, 0.6) is 0 Å². The number of hydrogen-bond acceptors (Lipinski definition) is 4. The molecule has 3 aliphatic rings. The van der Waals surface area contributed by atoms with Crippen LogP contribution in [0.2, 0.25) is 0 Å². The Kier molecular flexibility index (Phi) is 3.65. The Morgan fingerprint density at radius 3 is 2.46 bits per heavy atom. The summed E-state index contributed by atoms with van der Waals surface area (Å²) in [6, 6.07) is 4.20. The summed E-state index contributed by atoms with van der Waals surface area (Å²) in [5.41, 5.74) is -0.154. The lowest BCUT2D eigenvalue weighted by Gasteiger charge is -2.57. The van der Waals surface area contributed by atoms with Crippen LogP contribution in [-0.4, -0.2) is 11.6 Å². The average molecular weight is 320 g/mol. The van der Waals surface area contributed by atoms with Crippen LogP contribution in [-0.2, 0) is 9.59 Å². The molecule has 4 nitrogen and oxygen atoms in total. The quantitative estimate of drug-likeness (QED) is 0.643. The Labute approximate surface area is 142 Å². The van der Waals surface area contributed by atoms with E-state index in [0.29, 0.717) is 19.3 Å². The number of carbonyl (C=O) groups is 2. The molecule has 6 atom stereocenters. The Morgan fingerprint density at radius 2 is 1.88 bits per heavy atom. The topological polar surface area (TPSA) is 81.7 Å². The second-order valence-electron chi connectivity index (χ2n) is 7.71. The summed E-state index contributed by atoms with van der Waals surface area (Å²) in [6.45, 7) is 3.93. The molecular formula is C20H20N2O2. The molecule has 0 saturated heterocycles. The van der Waals surface area contributed by atoms with Crippen molar-refractivity contribution in [2.75, 3.05) is 0 Å². The van der Waals surface area contributed by atoms with E-state index in [0.717, 1.165) is 12.0 Å². The summed E-state index contributed by atoms with van der Waals surface area (Å²) in [7, 11) is 0. The molecule has 2 saturated carbocycles. The number of hydrogen-bond donors (Lipinski definition) is 0. The van der Waals surface area contributed by atoms with Gasteiger partial charge < -0.3 is 0 Å². The van der Waals surface area contributed by atoms with Crippen molar-refractivity contribution in [3.63, 3.8) is 0 Å². The van der Waals surface area contributed by atoms with Crippen molar-refractivity contribution < 1.29 is 9.59 Å². The molecule has 0 aliphatic heterocycles. The lowest BCUT2D eigenvalue weighted by molar-refractivity contribution is -0.135. The third-order valence-electron chi connectivity index (χ3n) is 6.63. The van der Waals surface area contributed by atoms with E-state index >= 15 is 0 Å². The van der Waals surface area contributed by atoms with E-state index in [4.69, 9.17) is 6.42 Å². The van der Waals surface area contributed by atoms with Crippen LogP contribution >= 0.6 is 0 Å². The zero-order chi connectivity index (χ0) is 17.7. The lowest BCUT2D eigenvalue weighted by atomic mass is 9.45. The monoisotopic (exact) mass is 320 g/mol. The van der Waals surface area contributed by atoms with Gasteiger partial charge in [-0.1, -0.05) is 19.8 Å². The minimum absolute atomic E-state index is 0.00539. The van der Waals surface area contributed by atoms with Gasteiger partial charge in [-0.15, -0.1) is 6.42 Å². The molecule has 3 aliphatic carbocycles. The van der Waals surface area contributed by atoms with Crippen LogP contribution in [0.15, 0.2) is 11.6 Å². The van der Waals surface area contributed by atoms with Crippen molar-refractivity contribution in [2.45, 2.75) is 39.5 Å². The Balaban J connectivity index is 2.16. The van der Waals surface area contributed by atoms with E-state index in [2.05, 4.69) is 18.1 Å². The fourth-order valence-corrected chi connectivity index (χ4v) is 5.34. The largest absolute Gasteiger partial charge is 0.298 e. The predicted molar refractivity (Wildman–Crippen MR) is 86.8 cm³/mol. The van der Waals surface area contributed by atoms with E-state index in [1.54, 1.807) is 6.08 Å². The van der Waals surface area contributed by atoms with Gasteiger partial charge in [-0.2, -0.15) is 10.5 Å². The second kappa shape index (κ2) is 5.32. The summed E-state index contributed by atoms with van der Waals surface area (Å²) >= 11 is 0. The third-order valence-corrected chi connectivity index (χ3v) is 6.63. The second-order valence-corrected chi connectivity index (χ2v) is 7.71. The van der Waals surface area contributed by atoms with Crippen LogP contribution in [0.3, 0.4) is 0 Å². The predicted octanol–water partition coefficient (Wildman–Crippen LogP) is 2.81. The number of Topliss-reactive ketones (excluding diaryl/α,β-unsaturated/α-hetero) is 1. The third kappa shape index (κ3) is 1.98. The molecule has 2 fully saturated rings. The molecule has 0 aromatic carbocycles. The van der Waals surface area contributed by atoms with Crippen LogP contribution < -0.4 is 0 Å². The van der Waals surface area contributed by atoms with Crippen molar-refractivity contribution in [3.05, 3.63) is 11.6 Å². The highest BCUT2D eigenvalue weighted by Gasteiger charge is 2.59. The standard InChI is InChI=1S/C20H20N2O2/c1-4-20-6-5-15-12(2)18(24)14(11-22)8-19(15,3)17(20)7-16(23)13(9-20)10-21/h1,7,12-15H,5-6,8-9H2,2-3H3. The van der Waals surface area contributed by atoms with E-state index in [9.17, 15) is 20.1 Å². The van der Waals surface area contributed by atoms with Gasteiger partial charge in [0.15, 0.2) is 11.6 Å². The van der Waals surface area contributed by atoms with Gasteiger partial charge in [0.05, 0.1) is 17.6 Å². The van der Waals surface area contributed by atoms with E-state index in [1.807, 2.05) is 13.8 Å². The van der Waals surface area contributed by atoms with Crippen molar-refractivity contribution in [1.29, 1.82) is 10.5 Å². The first kappa shape index (κ1) is 16.5. The first-order valence-electron chi connectivity index (χ1n) is 8.40. The molecule has 24 heavy (non-hydrogen) atoms. The van der Waals surface area contributed by atoms with E-state index in [1.165, 1.54) is 0 Å². The van der Waals surface area contributed by atoms with Gasteiger partial charge in [0, 0.05) is 5.92 Å². The number of allylic oxidation sites excluding steroid dienone is 2. The maximum atomic E-state index is 12.4. The van der Waals surface area contributed by atoms with Crippen LogP contribution in [0.25, 0.3) is 0 Å². The van der Waals surface area contributed by atoms with Crippen LogP contribution in [0, 0.1) is 69.5 Å². The summed E-state index contributed by atoms with van der Waals surface area (Å²) in [5, 5.41) is 18.7. The van der Waals surface area contributed by atoms with Gasteiger partial charge >= 0.3 is 0 Å². The zero-order valence-corrected chi connectivity index (χ0v) is 14.0. The highest BCUT2D eigenvalue weighted by molar-refractivity contribution is 5.96. The molecule has 122 valence electrons. The van der Waals surface area contributed by atoms with Crippen molar-refractivity contribution in [3.8, 4) is 24.5 Å². The molecule has 0 heterocycles. The first-order chi connectivity index (χ1) is 11.3. The average Bonchev–Trinajstić information content (AvgIpc) is 2.58. The van der Waals surface area contributed by atoms with E-state index < -0.39 is 22.7 Å². The normalized spacial score (nSPS) is 44.2. The van der Waals surface area contributed by atoms with Gasteiger partial charge in [-0.05, 0) is 48.7 Å². The van der Waals surface area contributed by atoms with Crippen LogP contribution in [0.1, 0.15) is 39.5 Å². The number of nitrogens with zero attached hydrogens (tertiary/aromatic N) is 2. The van der Waals surface area contributed by atoms with Gasteiger partial charge in [-0.3, -0.25) is 9.59 Å². The van der Waals surface area contributed by atoms with Crippen molar-refractivity contribution in [2.24, 2.45) is 34.5 Å². The van der Waals surface area contributed by atoms with Gasteiger partial charge in [-0.25, -0.2) is 0 Å². The number of fused-ring (bicyclic) bond motifs is 3. The van der Waals surface area contributed by atoms with Gasteiger partial charge in [0.25, 0.3) is 0 Å². The molecule has 0 spiro atoms. The summed E-state index contributed by atoms with van der Waals surface area (Å²) in [5.74, 6) is 1.22. The smallest absolute Gasteiger partial charge is 0.172 e. The molecule has 6 unspecified atom stereocenters. The Bertz CT molecular complexity index is 775. The van der Waals surface area contributed by atoms with Crippen molar-refractivity contribution in [1.82, 2.24) is 0 Å². The van der Waals surface area contributed by atoms with Gasteiger partial charge in [0.1, 0.15) is 11.8 Å². The molecule has 3 rings (SSSR count).